The van der Waals surface area contributed by atoms with Gasteiger partial charge in [-0.3, -0.25) is 9.59 Å². The maximum absolute atomic E-state index is 12.5. The summed E-state index contributed by atoms with van der Waals surface area (Å²) in [6, 6.07) is 13.9. The highest BCUT2D eigenvalue weighted by Gasteiger charge is 2.16. The van der Waals surface area contributed by atoms with Gasteiger partial charge in [-0.15, -0.1) is 0 Å². The Balaban J connectivity index is 1.92. The van der Waals surface area contributed by atoms with Crippen LogP contribution in [0.5, 0.6) is 11.5 Å². The largest absolute Gasteiger partial charge is 0.493 e. The lowest BCUT2D eigenvalue weighted by Crippen LogP contribution is -2.17. The molecule has 0 saturated heterocycles. The lowest BCUT2D eigenvalue weighted by molar-refractivity contribution is 0.0894. The van der Waals surface area contributed by atoms with Gasteiger partial charge in [0.25, 0.3) is 0 Å². The number of hydrogen-bond donors (Lipinski definition) is 0. The SMILES string of the molecule is CC(C)(C)COc1ccc(C(=O)CC(=O)c2ccc(OCC(C)(C)C)cc2)cc1. The van der Waals surface area contributed by atoms with Gasteiger partial charge in [-0.05, 0) is 59.4 Å². The van der Waals surface area contributed by atoms with E-state index in [1.807, 2.05) is 0 Å². The molecule has 0 heterocycles. The van der Waals surface area contributed by atoms with Crippen molar-refractivity contribution in [1.82, 2.24) is 0 Å². The van der Waals surface area contributed by atoms with E-state index in [1.54, 1.807) is 48.5 Å². The van der Waals surface area contributed by atoms with Crippen molar-refractivity contribution >= 4 is 11.6 Å². The van der Waals surface area contributed by atoms with Gasteiger partial charge in [0.1, 0.15) is 11.5 Å². The summed E-state index contributed by atoms with van der Waals surface area (Å²) in [5.74, 6) is 1.03. The minimum Gasteiger partial charge on any atom is -0.493 e. The molecule has 2 aromatic rings. The fraction of sp³-hybridized carbons (Fsp3) is 0.440. The van der Waals surface area contributed by atoms with Crippen molar-refractivity contribution in [2.45, 2.75) is 48.0 Å². The van der Waals surface area contributed by atoms with Crippen LogP contribution in [0.2, 0.25) is 0 Å². The number of rotatable bonds is 8. The Morgan fingerprint density at radius 3 is 1.21 bits per heavy atom. The van der Waals surface area contributed by atoms with E-state index < -0.39 is 0 Å². The van der Waals surface area contributed by atoms with E-state index in [4.69, 9.17) is 9.47 Å². The van der Waals surface area contributed by atoms with Crippen molar-refractivity contribution in [2.24, 2.45) is 10.8 Å². The smallest absolute Gasteiger partial charge is 0.170 e. The average Bonchev–Trinajstić information content (AvgIpc) is 2.64. The molecule has 0 saturated carbocycles. The minimum absolute atomic E-state index is 0.0637. The molecule has 0 aliphatic rings. The maximum atomic E-state index is 12.5. The van der Waals surface area contributed by atoms with Crippen LogP contribution in [0.25, 0.3) is 0 Å². The topological polar surface area (TPSA) is 52.6 Å². The normalized spacial score (nSPS) is 11.8. The molecule has 29 heavy (non-hydrogen) atoms. The maximum Gasteiger partial charge on any atom is 0.170 e. The summed E-state index contributed by atoms with van der Waals surface area (Å²) in [6.07, 6.45) is -0.162. The van der Waals surface area contributed by atoms with Crippen molar-refractivity contribution in [3.8, 4) is 11.5 Å². The number of hydrogen-bond acceptors (Lipinski definition) is 4. The number of Topliss-reactive ketones (excluding diaryl/α,β-unsaturated/α-hetero) is 2. The Bertz CT molecular complexity index is 748. The average molecular weight is 397 g/mol. The van der Waals surface area contributed by atoms with Crippen molar-refractivity contribution in [3.63, 3.8) is 0 Å². The van der Waals surface area contributed by atoms with E-state index in [1.165, 1.54) is 0 Å². The molecular weight excluding hydrogens is 364 g/mol. The molecule has 4 heteroatoms. The Labute approximate surface area is 174 Å². The third-order valence-corrected chi connectivity index (χ3v) is 4.02. The van der Waals surface area contributed by atoms with Gasteiger partial charge in [0.15, 0.2) is 11.6 Å². The van der Waals surface area contributed by atoms with Gasteiger partial charge in [-0.25, -0.2) is 0 Å². The highest BCUT2D eigenvalue weighted by molar-refractivity contribution is 6.13. The van der Waals surface area contributed by atoms with E-state index >= 15 is 0 Å². The fourth-order valence-electron chi connectivity index (χ4n) is 2.42. The highest BCUT2D eigenvalue weighted by Crippen LogP contribution is 2.21. The Kier molecular flexibility index (Phi) is 7.23. The number of ether oxygens (including phenoxy) is 2. The first-order valence-electron chi connectivity index (χ1n) is 9.95. The van der Waals surface area contributed by atoms with Gasteiger partial charge in [0.05, 0.1) is 19.6 Å². The Morgan fingerprint density at radius 1 is 0.621 bits per heavy atom. The molecule has 0 radical (unpaired) electrons. The van der Waals surface area contributed by atoms with Gasteiger partial charge >= 0.3 is 0 Å². The van der Waals surface area contributed by atoms with E-state index in [9.17, 15) is 9.59 Å². The highest BCUT2D eigenvalue weighted by atomic mass is 16.5. The molecule has 4 nitrogen and oxygen atoms in total. The lowest BCUT2D eigenvalue weighted by Gasteiger charge is -2.19. The van der Waals surface area contributed by atoms with Crippen LogP contribution in [0, 0.1) is 10.8 Å². The number of carbonyl (C=O) groups excluding carboxylic acids is 2. The van der Waals surface area contributed by atoms with Crippen LogP contribution in [0.15, 0.2) is 48.5 Å². The van der Waals surface area contributed by atoms with Crippen LogP contribution in [-0.4, -0.2) is 24.8 Å². The lowest BCUT2D eigenvalue weighted by atomic mass is 9.98. The standard InChI is InChI=1S/C25H32O4/c1-24(2,3)16-28-20-11-7-18(8-12-20)22(26)15-23(27)19-9-13-21(14-10-19)29-17-25(4,5)6/h7-14H,15-17H2,1-6H3. The summed E-state index contributed by atoms with van der Waals surface area (Å²) < 4.78 is 11.4. The molecule has 0 aliphatic carbocycles. The molecule has 0 N–H and O–H groups in total. The van der Waals surface area contributed by atoms with Gasteiger partial charge < -0.3 is 9.47 Å². The fourth-order valence-corrected chi connectivity index (χ4v) is 2.42. The van der Waals surface area contributed by atoms with Crippen LogP contribution in [0.4, 0.5) is 0 Å². The molecule has 0 spiro atoms. The Morgan fingerprint density at radius 2 is 0.931 bits per heavy atom. The predicted molar refractivity (Wildman–Crippen MR) is 116 cm³/mol. The van der Waals surface area contributed by atoms with Crippen molar-refractivity contribution in [1.29, 1.82) is 0 Å². The minimum atomic E-state index is -0.203. The van der Waals surface area contributed by atoms with E-state index in [0.717, 1.165) is 0 Å². The molecule has 0 fully saturated rings. The zero-order valence-corrected chi connectivity index (χ0v) is 18.4. The zero-order valence-electron chi connectivity index (χ0n) is 18.4. The van der Waals surface area contributed by atoms with Crippen LogP contribution < -0.4 is 9.47 Å². The van der Waals surface area contributed by atoms with E-state index in [0.29, 0.717) is 35.8 Å². The molecular formula is C25H32O4. The first kappa shape index (κ1) is 22.7. The van der Waals surface area contributed by atoms with Crippen molar-refractivity contribution in [2.75, 3.05) is 13.2 Å². The van der Waals surface area contributed by atoms with Crippen molar-refractivity contribution < 1.29 is 19.1 Å². The quantitative estimate of drug-likeness (QED) is 0.406. The summed E-state index contributed by atoms with van der Waals surface area (Å²) in [6.45, 7) is 13.8. The molecule has 2 rings (SSSR count). The third kappa shape index (κ3) is 8.10. The van der Waals surface area contributed by atoms with Gasteiger partial charge in [-0.1, -0.05) is 41.5 Å². The predicted octanol–water partition coefficient (Wildman–Crippen LogP) is 5.99. The summed E-state index contributed by atoms with van der Waals surface area (Å²) in [7, 11) is 0. The van der Waals surface area contributed by atoms with Crippen LogP contribution in [-0.2, 0) is 0 Å². The second-order valence-electron chi connectivity index (χ2n) is 9.77. The Hall–Kier alpha value is -2.62. The molecule has 0 aromatic heterocycles. The second kappa shape index (κ2) is 9.25. The van der Waals surface area contributed by atoms with Gasteiger partial charge in [0.2, 0.25) is 0 Å². The monoisotopic (exact) mass is 396 g/mol. The second-order valence-corrected chi connectivity index (χ2v) is 9.77. The van der Waals surface area contributed by atoms with Gasteiger partial charge in [-0.2, -0.15) is 0 Å². The molecule has 0 unspecified atom stereocenters. The molecule has 156 valence electrons. The summed E-state index contributed by atoms with van der Waals surface area (Å²) >= 11 is 0. The van der Waals surface area contributed by atoms with Crippen molar-refractivity contribution in [3.05, 3.63) is 59.7 Å². The number of ketones is 2. The number of benzene rings is 2. The number of carbonyl (C=O) groups is 2. The summed E-state index contributed by atoms with van der Waals surface area (Å²) in [5.41, 5.74) is 1.14. The molecule has 0 amide bonds. The summed E-state index contributed by atoms with van der Waals surface area (Å²) in [5, 5.41) is 0. The molecule has 0 bridgehead atoms. The third-order valence-electron chi connectivity index (χ3n) is 4.02. The van der Waals surface area contributed by atoms with Crippen LogP contribution in [0.1, 0.15) is 68.7 Å². The zero-order chi connectivity index (χ0) is 21.7. The van der Waals surface area contributed by atoms with E-state index in [2.05, 4.69) is 41.5 Å². The van der Waals surface area contributed by atoms with Crippen LogP contribution in [0.3, 0.4) is 0 Å². The van der Waals surface area contributed by atoms with Gasteiger partial charge in [0, 0.05) is 11.1 Å². The van der Waals surface area contributed by atoms with E-state index in [-0.39, 0.29) is 28.8 Å². The molecule has 0 aliphatic heterocycles. The first-order chi connectivity index (χ1) is 13.4. The molecule has 2 aromatic carbocycles. The van der Waals surface area contributed by atoms with Crippen LogP contribution >= 0.6 is 0 Å². The first-order valence-corrected chi connectivity index (χ1v) is 9.95. The molecule has 0 atom stereocenters. The summed E-state index contributed by atoms with van der Waals surface area (Å²) in [4.78, 5) is 24.9.